The normalized spacial score (nSPS) is 15.7. The van der Waals surface area contributed by atoms with Crippen molar-refractivity contribution in [2.24, 2.45) is 13.0 Å². The van der Waals surface area contributed by atoms with Crippen molar-refractivity contribution >= 4 is 28.8 Å². The molecule has 4 rings (SSSR count). The van der Waals surface area contributed by atoms with Crippen LogP contribution in [0.5, 0.6) is 0 Å². The standard InChI is InChI=1S/C29H40N6O4/c1-18(2)15-24(32-29(39)35-13-9-5-6-10-14-35)27(36)31-23(26-33-25(28(37)38)19(3)34(26)4)16-20-17-30-22-12-8-7-11-21(20)22/h7-8,11-12,17-18,23-24,30H,5-6,9-10,13-16H2,1-4H3,(H,31,36)(H,32,39)(H,37,38). The van der Waals surface area contributed by atoms with Gasteiger partial charge in [-0.2, -0.15) is 0 Å². The van der Waals surface area contributed by atoms with Gasteiger partial charge in [-0.25, -0.2) is 14.6 Å². The third-order valence-corrected chi connectivity index (χ3v) is 7.56. The number of carbonyl (C=O) groups is 3. The summed E-state index contributed by atoms with van der Waals surface area (Å²) < 4.78 is 1.72. The quantitative estimate of drug-likeness (QED) is 0.324. The van der Waals surface area contributed by atoms with Crippen LogP contribution in [0.2, 0.25) is 0 Å². The number of hydrogen-bond donors (Lipinski definition) is 4. The predicted octanol–water partition coefficient (Wildman–Crippen LogP) is 4.31. The molecular weight excluding hydrogens is 496 g/mol. The van der Waals surface area contributed by atoms with Crippen LogP contribution >= 0.6 is 0 Å². The van der Waals surface area contributed by atoms with Gasteiger partial charge < -0.3 is 30.2 Å². The van der Waals surface area contributed by atoms with Crippen LogP contribution in [0.25, 0.3) is 10.9 Å². The van der Waals surface area contributed by atoms with Crippen LogP contribution in [-0.2, 0) is 18.3 Å². The van der Waals surface area contributed by atoms with Crippen molar-refractivity contribution in [3.63, 3.8) is 0 Å². The van der Waals surface area contributed by atoms with E-state index in [4.69, 9.17) is 0 Å². The highest BCUT2D eigenvalue weighted by atomic mass is 16.4. The first-order chi connectivity index (χ1) is 18.7. The maximum atomic E-state index is 13.8. The van der Waals surface area contributed by atoms with Gasteiger partial charge in [0.1, 0.15) is 11.9 Å². The van der Waals surface area contributed by atoms with Crippen molar-refractivity contribution in [2.45, 2.75) is 71.4 Å². The number of fused-ring (bicyclic) bond motifs is 1. The number of aromatic nitrogens is 3. The zero-order chi connectivity index (χ0) is 28.1. The number of likely N-dealkylation sites (tertiary alicyclic amines) is 1. The Hall–Kier alpha value is -3.82. The Kier molecular flexibility index (Phi) is 8.93. The number of para-hydroxylation sites is 1. The van der Waals surface area contributed by atoms with Crippen molar-refractivity contribution in [1.29, 1.82) is 0 Å². The molecule has 2 unspecified atom stereocenters. The summed E-state index contributed by atoms with van der Waals surface area (Å²) in [6.45, 7) is 7.12. The summed E-state index contributed by atoms with van der Waals surface area (Å²) in [6, 6.07) is 6.34. The summed E-state index contributed by atoms with van der Waals surface area (Å²) in [4.78, 5) is 48.2. The van der Waals surface area contributed by atoms with E-state index >= 15 is 0 Å². The van der Waals surface area contributed by atoms with Crippen molar-refractivity contribution in [1.82, 2.24) is 30.1 Å². The van der Waals surface area contributed by atoms with Crippen LogP contribution in [0.15, 0.2) is 30.5 Å². The molecule has 0 saturated carbocycles. The topological polar surface area (TPSA) is 132 Å². The van der Waals surface area contributed by atoms with Crippen LogP contribution in [0, 0.1) is 12.8 Å². The highest BCUT2D eigenvalue weighted by Crippen LogP contribution is 2.26. The number of H-pyrrole nitrogens is 1. The first kappa shape index (κ1) is 28.2. The Labute approximate surface area is 229 Å². The molecule has 3 aromatic rings. The molecule has 2 aromatic heterocycles. The Bertz CT molecular complexity index is 1320. The number of aromatic carboxylic acids is 1. The predicted molar refractivity (Wildman–Crippen MR) is 150 cm³/mol. The van der Waals surface area contributed by atoms with E-state index in [2.05, 4.69) is 20.6 Å². The zero-order valence-electron chi connectivity index (χ0n) is 23.3. The van der Waals surface area contributed by atoms with Gasteiger partial charge in [0.25, 0.3) is 0 Å². The van der Waals surface area contributed by atoms with E-state index in [1.165, 1.54) is 0 Å². The fourth-order valence-corrected chi connectivity index (χ4v) is 5.33. The molecular formula is C29H40N6O4. The number of imidazole rings is 1. The second-order valence-corrected chi connectivity index (χ2v) is 10.9. The molecule has 2 atom stereocenters. The smallest absolute Gasteiger partial charge is 0.356 e. The highest BCUT2D eigenvalue weighted by molar-refractivity contribution is 5.88. The lowest BCUT2D eigenvalue weighted by molar-refractivity contribution is -0.124. The molecule has 0 bridgehead atoms. The first-order valence-corrected chi connectivity index (χ1v) is 13.8. The molecule has 1 aromatic carbocycles. The molecule has 3 amide bonds. The summed E-state index contributed by atoms with van der Waals surface area (Å²) in [6.07, 6.45) is 6.92. The number of benzene rings is 1. The van der Waals surface area contributed by atoms with Crippen LogP contribution in [0.1, 0.15) is 79.6 Å². The molecule has 10 nitrogen and oxygen atoms in total. The molecule has 1 fully saturated rings. The number of carboxylic acids is 1. The number of amides is 3. The summed E-state index contributed by atoms with van der Waals surface area (Å²) in [5.74, 6) is -0.805. The molecule has 0 radical (unpaired) electrons. The largest absolute Gasteiger partial charge is 0.476 e. The average molecular weight is 537 g/mol. The highest BCUT2D eigenvalue weighted by Gasteiger charge is 2.30. The number of hydrogen-bond acceptors (Lipinski definition) is 4. The van der Waals surface area contributed by atoms with Gasteiger partial charge in [-0.05, 0) is 43.7 Å². The van der Waals surface area contributed by atoms with Crippen LogP contribution < -0.4 is 10.6 Å². The third kappa shape index (κ3) is 6.61. The molecule has 4 N–H and O–H groups in total. The molecule has 0 aliphatic carbocycles. The number of rotatable bonds is 9. The molecule has 1 saturated heterocycles. The Balaban J connectivity index is 1.63. The molecule has 39 heavy (non-hydrogen) atoms. The van der Waals surface area contributed by atoms with Crippen molar-refractivity contribution in [3.05, 3.63) is 53.2 Å². The van der Waals surface area contributed by atoms with Crippen molar-refractivity contribution < 1.29 is 19.5 Å². The third-order valence-electron chi connectivity index (χ3n) is 7.56. The van der Waals surface area contributed by atoms with E-state index in [0.29, 0.717) is 37.4 Å². The van der Waals surface area contributed by atoms with Crippen LogP contribution in [0.3, 0.4) is 0 Å². The molecule has 0 spiro atoms. The fraction of sp³-hybridized carbons (Fsp3) is 0.517. The van der Waals surface area contributed by atoms with Crippen molar-refractivity contribution in [2.75, 3.05) is 13.1 Å². The first-order valence-electron chi connectivity index (χ1n) is 13.8. The van der Waals surface area contributed by atoms with Gasteiger partial charge in [0.2, 0.25) is 5.91 Å². The van der Waals surface area contributed by atoms with E-state index < -0.39 is 18.1 Å². The number of nitrogens with one attached hydrogen (secondary N) is 3. The van der Waals surface area contributed by atoms with E-state index in [1.54, 1.807) is 23.4 Å². The molecule has 210 valence electrons. The number of carboxylic acid groups (broad SMARTS) is 1. The molecule has 10 heteroatoms. The minimum atomic E-state index is -1.12. The lowest BCUT2D eigenvalue weighted by Gasteiger charge is -2.27. The maximum Gasteiger partial charge on any atom is 0.356 e. The van der Waals surface area contributed by atoms with Gasteiger partial charge in [0.05, 0.1) is 6.04 Å². The fourth-order valence-electron chi connectivity index (χ4n) is 5.33. The minimum absolute atomic E-state index is 0.0427. The van der Waals surface area contributed by atoms with E-state index in [9.17, 15) is 19.5 Å². The van der Waals surface area contributed by atoms with Crippen LogP contribution in [0.4, 0.5) is 4.79 Å². The molecule has 1 aliphatic heterocycles. The number of nitrogens with zero attached hydrogens (tertiary/aromatic N) is 3. The number of urea groups is 1. The van der Waals surface area contributed by atoms with Gasteiger partial charge >= 0.3 is 12.0 Å². The van der Waals surface area contributed by atoms with E-state index in [0.717, 1.165) is 42.1 Å². The number of aromatic amines is 1. The van der Waals surface area contributed by atoms with Gasteiger partial charge in [-0.1, -0.05) is 44.9 Å². The van der Waals surface area contributed by atoms with Crippen molar-refractivity contribution in [3.8, 4) is 0 Å². The Morgan fingerprint density at radius 2 is 1.77 bits per heavy atom. The van der Waals surface area contributed by atoms with Crippen LogP contribution in [-0.4, -0.2) is 61.6 Å². The zero-order valence-corrected chi connectivity index (χ0v) is 23.3. The summed E-state index contributed by atoms with van der Waals surface area (Å²) in [5, 5.41) is 16.8. The lowest BCUT2D eigenvalue weighted by atomic mass is 10.0. The summed E-state index contributed by atoms with van der Waals surface area (Å²) >= 11 is 0. The molecule has 3 heterocycles. The second kappa shape index (κ2) is 12.4. The van der Waals surface area contributed by atoms with Gasteiger partial charge in [0, 0.05) is 49.4 Å². The SMILES string of the molecule is Cc1c(C(=O)O)nc(C(Cc2c[nH]c3ccccc23)NC(=O)C(CC(C)C)NC(=O)N2CCCCCC2)n1C. The number of carbonyl (C=O) groups excluding carboxylic acids is 2. The lowest BCUT2D eigenvalue weighted by Crippen LogP contribution is -2.52. The minimum Gasteiger partial charge on any atom is -0.476 e. The Morgan fingerprint density at radius 1 is 1.08 bits per heavy atom. The van der Waals surface area contributed by atoms with E-state index in [-0.39, 0.29) is 23.6 Å². The van der Waals surface area contributed by atoms with E-state index in [1.807, 2.05) is 44.3 Å². The second-order valence-electron chi connectivity index (χ2n) is 10.9. The monoisotopic (exact) mass is 536 g/mol. The summed E-state index contributed by atoms with van der Waals surface area (Å²) in [7, 11) is 1.76. The van der Waals surface area contributed by atoms with Gasteiger partial charge in [-0.3, -0.25) is 4.79 Å². The Morgan fingerprint density at radius 3 is 2.41 bits per heavy atom. The maximum absolute atomic E-state index is 13.8. The van der Waals surface area contributed by atoms with Gasteiger partial charge in [0.15, 0.2) is 5.69 Å². The average Bonchev–Trinajstić information content (AvgIpc) is 3.29. The van der Waals surface area contributed by atoms with Gasteiger partial charge in [-0.15, -0.1) is 0 Å². The molecule has 1 aliphatic rings. The summed E-state index contributed by atoms with van der Waals surface area (Å²) in [5.41, 5.74) is 2.41.